The zero-order valence-electron chi connectivity index (χ0n) is 13.9. The summed E-state index contributed by atoms with van der Waals surface area (Å²) in [5.41, 5.74) is 2.59. The minimum atomic E-state index is -0.198. The lowest BCUT2D eigenvalue weighted by molar-refractivity contribution is 0.616. The number of aryl methyl sites for hydroxylation is 1. The third-order valence-electron chi connectivity index (χ3n) is 3.49. The van der Waals surface area contributed by atoms with Gasteiger partial charge in [-0.1, -0.05) is 29.8 Å². The Balaban J connectivity index is 1.90. The van der Waals surface area contributed by atoms with Crippen LogP contribution in [-0.2, 0) is 13.0 Å². The molecule has 0 aliphatic heterocycles. The highest BCUT2D eigenvalue weighted by atomic mass is 35.5. The summed E-state index contributed by atoms with van der Waals surface area (Å²) in [5.74, 6) is 0.510. The molecule has 0 atom stereocenters. The minimum Gasteiger partial charge on any atom is -0.357 e. The van der Waals surface area contributed by atoms with Gasteiger partial charge < -0.3 is 10.6 Å². The summed E-state index contributed by atoms with van der Waals surface area (Å²) < 4.78 is 13.6. The summed E-state index contributed by atoms with van der Waals surface area (Å²) in [6, 6.07) is 8.93. The average molecular weight is 349 g/mol. The van der Waals surface area contributed by atoms with Crippen LogP contribution in [0.4, 0.5) is 4.39 Å². The molecule has 1 aromatic heterocycles. The van der Waals surface area contributed by atoms with Crippen molar-refractivity contribution in [3.05, 3.63) is 64.2 Å². The molecule has 0 spiro atoms. The molecule has 0 aliphatic rings. The highest BCUT2D eigenvalue weighted by Crippen LogP contribution is 2.10. The lowest BCUT2D eigenvalue weighted by atomic mass is 10.1. The number of aliphatic imine (C=N–C) groups is 1. The summed E-state index contributed by atoms with van der Waals surface area (Å²) in [6.45, 7) is 5.66. The Labute approximate surface area is 147 Å². The van der Waals surface area contributed by atoms with Crippen LogP contribution in [0.2, 0.25) is 5.15 Å². The van der Waals surface area contributed by atoms with Crippen molar-refractivity contribution in [2.45, 2.75) is 26.8 Å². The van der Waals surface area contributed by atoms with Gasteiger partial charge >= 0.3 is 0 Å². The molecular weight excluding hydrogens is 327 g/mol. The SMILES string of the molecule is CCNC(=NCc1ccc(C)c(F)c1)NCCc1ccc(Cl)nc1. The first-order chi connectivity index (χ1) is 11.6. The maximum Gasteiger partial charge on any atom is 0.191 e. The lowest BCUT2D eigenvalue weighted by Gasteiger charge is -2.11. The molecule has 0 fully saturated rings. The molecule has 2 rings (SSSR count). The van der Waals surface area contributed by atoms with Crippen LogP contribution in [0.15, 0.2) is 41.5 Å². The molecule has 4 nitrogen and oxygen atoms in total. The van der Waals surface area contributed by atoms with Crippen molar-refractivity contribution in [2.75, 3.05) is 13.1 Å². The summed E-state index contributed by atoms with van der Waals surface area (Å²) in [4.78, 5) is 8.55. The monoisotopic (exact) mass is 348 g/mol. The largest absolute Gasteiger partial charge is 0.357 e. The molecule has 2 aromatic rings. The van der Waals surface area contributed by atoms with Crippen molar-refractivity contribution in [2.24, 2.45) is 4.99 Å². The van der Waals surface area contributed by atoms with Crippen LogP contribution in [-0.4, -0.2) is 24.0 Å². The Morgan fingerprint density at radius 1 is 1.21 bits per heavy atom. The molecule has 0 radical (unpaired) electrons. The standard InChI is InChI=1S/C18H22ClFN4/c1-3-21-18(22-9-8-14-6-7-17(19)23-11-14)24-12-15-5-4-13(2)16(20)10-15/h4-7,10-11H,3,8-9,12H2,1-2H3,(H2,21,22,24). The van der Waals surface area contributed by atoms with Gasteiger partial charge in [-0.25, -0.2) is 14.4 Å². The molecule has 1 heterocycles. The van der Waals surface area contributed by atoms with Crippen molar-refractivity contribution in [1.29, 1.82) is 0 Å². The van der Waals surface area contributed by atoms with Gasteiger partial charge in [0, 0.05) is 19.3 Å². The number of hydrogen-bond acceptors (Lipinski definition) is 2. The van der Waals surface area contributed by atoms with Crippen LogP contribution >= 0.6 is 11.6 Å². The Kier molecular flexibility index (Phi) is 7.00. The number of nitrogens with zero attached hydrogens (tertiary/aromatic N) is 2. The van der Waals surface area contributed by atoms with E-state index in [1.165, 1.54) is 6.07 Å². The van der Waals surface area contributed by atoms with Gasteiger partial charge in [0.15, 0.2) is 5.96 Å². The molecule has 0 unspecified atom stereocenters. The molecule has 24 heavy (non-hydrogen) atoms. The van der Waals surface area contributed by atoms with Crippen LogP contribution < -0.4 is 10.6 Å². The van der Waals surface area contributed by atoms with Gasteiger partial charge in [0.2, 0.25) is 0 Å². The van der Waals surface area contributed by atoms with E-state index in [9.17, 15) is 4.39 Å². The van der Waals surface area contributed by atoms with E-state index in [0.29, 0.717) is 23.2 Å². The van der Waals surface area contributed by atoms with E-state index in [2.05, 4.69) is 20.6 Å². The zero-order chi connectivity index (χ0) is 17.4. The van der Waals surface area contributed by atoms with Crippen molar-refractivity contribution >= 4 is 17.6 Å². The number of rotatable bonds is 6. The van der Waals surface area contributed by atoms with Crippen molar-refractivity contribution in [3.63, 3.8) is 0 Å². The summed E-state index contributed by atoms with van der Waals surface area (Å²) in [6.07, 6.45) is 2.58. The lowest BCUT2D eigenvalue weighted by Crippen LogP contribution is -2.38. The molecule has 0 aliphatic carbocycles. The molecule has 6 heteroatoms. The number of benzene rings is 1. The number of aromatic nitrogens is 1. The van der Waals surface area contributed by atoms with E-state index < -0.39 is 0 Å². The van der Waals surface area contributed by atoms with Gasteiger partial charge in [-0.15, -0.1) is 0 Å². The van der Waals surface area contributed by atoms with Crippen LogP contribution in [0.1, 0.15) is 23.6 Å². The molecule has 2 N–H and O–H groups in total. The fourth-order valence-corrected chi connectivity index (χ4v) is 2.24. The second-order valence-corrected chi connectivity index (χ2v) is 5.83. The van der Waals surface area contributed by atoms with Gasteiger partial charge in [-0.2, -0.15) is 0 Å². The van der Waals surface area contributed by atoms with E-state index in [4.69, 9.17) is 11.6 Å². The van der Waals surface area contributed by atoms with E-state index in [1.54, 1.807) is 25.3 Å². The average Bonchev–Trinajstić information content (AvgIpc) is 2.57. The van der Waals surface area contributed by atoms with Crippen LogP contribution in [0.25, 0.3) is 0 Å². The van der Waals surface area contributed by atoms with E-state index in [1.807, 2.05) is 19.1 Å². The Bertz CT molecular complexity index is 686. The molecule has 0 amide bonds. The van der Waals surface area contributed by atoms with Gasteiger partial charge in [0.25, 0.3) is 0 Å². The molecule has 0 bridgehead atoms. The third-order valence-corrected chi connectivity index (χ3v) is 3.72. The maximum atomic E-state index is 13.6. The number of halogens is 2. The van der Waals surface area contributed by atoms with Crippen LogP contribution in [0, 0.1) is 12.7 Å². The summed E-state index contributed by atoms with van der Waals surface area (Å²) in [5, 5.41) is 6.94. The zero-order valence-corrected chi connectivity index (χ0v) is 14.7. The first kappa shape index (κ1) is 18.2. The number of pyridine rings is 1. The summed E-state index contributed by atoms with van der Waals surface area (Å²) >= 11 is 5.78. The third kappa shape index (κ3) is 5.81. The van der Waals surface area contributed by atoms with Gasteiger partial charge in [0.1, 0.15) is 11.0 Å². The fourth-order valence-electron chi connectivity index (χ4n) is 2.13. The predicted octanol–water partition coefficient (Wildman–Crippen LogP) is 3.48. The number of nitrogens with one attached hydrogen (secondary N) is 2. The predicted molar refractivity (Wildman–Crippen MR) is 96.9 cm³/mol. The normalized spacial score (nSPS) is 11.4. The van der Waals surface area contributed by atoms with Gasteiger partial charge in [-0.3, -0.25) is 0 Å². The Hall–Kier alpha value is -2.14. The molecule has 1 aromatic carbocycles. The highest BCUT2D eigenvalue weighted by molar-refractivity contribution is 6.29. The topological polar surface area (TPSA) is 49.3 Å². The molecule has 0 saturated heterocycles. The van der Waals surface area contributed by atoms with E-state index in [-0.39, 0.29) is 5.82 Å². The quantitative estimate of drug-likeness (QED) is 0.477. The van der Waals surface area contributed by atoms with E-state index in [0.717, 1.165) is 30.6 Å². The second kappa shape index (κ2) is 9.23. The summed E-state index contributed by atoms with van der Waals surface area (Å²) in [7, 11) is 0. The fraction of sp³-hybridized carbons (Fsp3) is 0.333. The minimum absolute atomic E-state index is 0.198. The number of hydrogen-bond donors (Lipinski definition) is 2. The molecular formula is C18H22ClFN4. The smallest absolute Gasteiger partial charge is 0.191 e. The first-order valence-electron chi connectivity index (χ1n) is 7.96. The van der Waals surface area contributed by atoms with Gasteiger partial charge in [0.05, 0.1) is 6.54 Å². The van der Waals surface area contributed by atoms with Crippen molar-refractivity contribution in [3.8, 4) is 0 Å². The van der Waals surface area contributed by atoms with Crippen molar-refractivity contribution < 1.29 is 4.39 Å². The van der Waals surface area contributed by atoms with Gasteiger partial charge in [-0.05, 0) is 49.1 Å². The second-order valence-electron chi connectivity index (χ2n) is 5.44. The Morgan fingerprint density at radius 2 is 2.00 bits per heavy atom. The van der Waals surface area contributed by atoms with Crippen LogP contribution in [0.5, 0.6) is 0 Å². The number of guanidine groups is 1. The van der Waals surface area contributed by atoms with E-state index >= 15 is 0 Å². The first-order valence-corrected chi connectivity index (χ1v) is 8.34. The van der Waals surface area contributed by atoms with Crippen LogP contribution in [0.3, 0.4) is 0 Å². The molecule has 0 saturated carbocycles. The Morgan fingerprint density at radius 3 is 2.67 bits per heavy atom. The molecule has 128 valence electrons. The van der Waals surface area contributed by atoms with Crippen molar-refractivity contribution in [1.82, 2.24) is 15.6 Å². The highest BCUT2D eigenvalue weighted by Gasteiger charge is 2.01. The maximum absolute atomic E-state index is 13.6.